The first-order valence-corrected chi connectivity index (χ1v) is 8.70. The fourth-order valence-electron chi connectivity index (χ4n) is 3.68. The largest absolute Gasteiger partial charge is 0.338 e. The highest BCUT2D eigenvalue weighted by Gasteiger charge is 2.32. The van der Waals surface area contributed by atoms with Crippen LogP contribution in [-0.4, -0.2) is 55.1 Å². The highest BCUT2D eigenvalue weighted by molar-refractivity contribution is 5.74. The Balaban J connectivity index is 1.59. The minimum atomic E-state index is 0.0924. The van der Waals surface area contributed by atoms with E-state index >= 15 is 0 Å². The molecule has 0 aromatic heterocycles. The number of nitrogens with one attached hydrogen (secondary N) is 1. The Hall–Kier alpha value is -0.770. The summed E-state index contributed by atoms with van der Waals surface area (Å²) in [4.78, 5) is 16.5. The molecule has 0 bridgehead atoms. The van der Waals surface area contributed by atoms with Gasteiger partial charge in [0.15, 0.2) is 0 Å². The summed E-state index contributed by atoms with van der Waals surface area (Å²) in [6, 6.07) is 0.476. The van der Waals surface area contributed by atoms with Crippen LogP contribution in [0, 0.1) is 17.8 Å². The Labute approximate surface area is 130 Å². The van der Waals surface area contributed by atoms with E-state index in [-0.39, 0.29) is 6.03 Å². The number of urea groups is 1. The van der Waals surface area contributed by atoms with Crippen LogP contribution in [0.5, 0.6) is 0 Å². The Morgan fingerprint density at radius 3 is 2.48 bits per heavy atom. The van der Waals surface area contributed by atoms with Crippen molar-refractivity contribution in [3.8, 4) is 0 Å². The molecule has 1 aliphatic heterocycles. The zero-order valence-corrected chi connectivity index (χ0v) is 14.3. The summed E-state index contributed by atoms with van der Waals surface area (Å²) < 4.78 is 0. The third-order valence-electron chi connectivity index (χ3n) is 5.11. The van der Waals surface area contributed by atoms with E-state index in [1.165, 1.54) is 32.4 Å². The summed E-state index contributed by atoms with van der Waals surface area (Å²) in [5, 5.41) is 3.07. The minimum absolute atomic E-state index is 0.0924. The molecule has 1 saturated heterocycles. The molecule has 3 atom stereocenters. The van der Waals surface area contributed by atoms with Gasteiger partial charge < -0.3 is 15.1 Å². The number of carbonyl (C=O) groups excluding carboxylic acids is 1. The zero-order valence-electron chi connectivity index (χ0n) is 14.3. The predicted octanol–water partition coefficient (Wildman–Crippen LogP) is 2.79. The average Bonchev–Trinajstić information content (AvgIpc) is 3.25. The number of hydrogen-bond acceptors (Lipinski definition) is 2. The van der Waals surface area contributed by atoms with Crippen LogP contribution in [0.2, 0.25) is 0 Å². The van der Waals surface area contributed by atoms with Crippen molar-refractivity contribution < 1.29 is 4.79 Å². The monoisotopic (exact) mass is 295 g/mol. The van der Waals surface area contributed by atoms with Crippen molar-refractivity contribution in [2.75, 3.05) is 33.2 Å². The van der Waals surface area contributed by atoms with Crippen LogP contribution in [0.1, 0.15) is 46.5 Å². The second-order valence-corrected chi connectivity index (χ2v) is 7.48. The summed E-state index contributed by atoms with van der Waals surface area (Å²) in [5.74, 6) is 2.36. The van der Waals surface area contributed by atoms with Crippen molar-refractivity contribution in [2.24, 2.45) is 17.8 Å². The number of carbonyl (C=O) groups is 1. The van der Waals surface area contributed by atoms with Crippen LogP contribution in [0.3, 0.4) is 0 Å². The Kier molecular flexibility index (Phi) is 5.91. The van der Waals surface area contributed by atoms with Crippen molar-refractivity contribution in [1.29, 1.82) is 0 Å². The number of hydrogen-bond donors (Lipinski definition) is 1. The van der Waals surface area contributed by atoms with Crippen LogP contribution >= 0.6 is 0 Å². The van der Waals surface area contributed by atoms with Crippen LogP contribution in [-0.2, 0) is 0 Å². The fourth-order valence-corrected chi connectivity index (χ4v) is 3.68. The van der Waals surface area contributed by atoms with Gasteiger partial charge in [-0.3, -0.25) is 0 Å². The molecule has 122 valence electrons. The molecule has 4 heteroatoms. The van der Waals surface area contributed by atoms with Gasteiger partial charge in [0.1, 0.15) is 0 Å². The number of likely N-dealkylation sites (tertiary alicyclic amines) is 1. The lowest BCUT2D eigenvalue weighted by atomic mass is 9.92. The van der Waals surface area contributed by atoms with E-state index in [2.05, 4.69) is 31.0 Å². The van der Waals surface area contributed by atoms with E-state index in [9.17, 15) is 4.79 Å². The van der Waals surface area contributed by atoms with Gasteiger partial charge in [0.2, 0.25) is 0 Å². The van der Waals surface area contributed by atoms with Crippen molar-refractivity contribution in [2.45, 2.75) is 52.5 Å². The first kappa shape index (κ1) is 16.6. The Morgan fingerprint density at radius 2 is 1.90 bits per heavy atom. The lowest BCUT2D eigenvalue weighted by Crippen LogP contribution is -2.44. The number of nitrogens with zero attached hydrogens (tertiary/aromatic N) is 2. The molecule has 0 spiro atoms. The van der Waals surface area contributed by atoms with E-state index in [4.69, 9.17) is 0 Å². The van der Waals surface area contributed by atoms with Gasteiger partial charge in [-0.05, 0) is 56.9 Å². The predicted molar refractivity (Wildman–Crippen MR) is 87.3 cm³/mol. The molecule has 0 radical (unpaired) electrons. The maximum Gasteiger partial charge on any atom is 0.317 e. The van der Waals surface area contributed by atoms with Crippen molar-refractivity contribution >= 4 is 6.03 Å². The topological polar surface area (TPSA) is 35.6 Å². The molecule has 2 amide bonds. The molecule has 1 aliphatic carbocycles. The maximum atomic E-state index is 12.1. The van der Waals surface area contributed by atoms with Crippen molar-refractivity contribution in [3.05, 3.63) is 0 Å². The van der Waals surface area contributed by atoms with E-state index in [0.717, 1.165) is 37.3 Å². The molecule has 2 fully saturated rings. The van der Waals surface area contributed by atoms with Crippen molar-refractivity contribution in [1.82, 2.24) is 15.1 Å². The van der Waals surface area contributed by atoms with Gasteiger partial charge in [-0.1, -0.05) is 13.8 Å². The first-order chi connectivity index (χ1) is 9.97. The molecule has 3 unspecified atom stereocenters. The Morgan fingerprint density at radius 1 is 1.29 bits per heavy atom. The molecular formula is C17H33N3O. The van der Waals surface area contributed by atoms with Gasteiger partial charge in [-0.25, -0.2) is 4.79 Å². The van der Waals surface area contributed by atoms with Gasteiger partial charge in [-0.15, -0.1) is 0 Å². The third-order valence-corrected chi connectivity index (χ3v) is 5.11. The second kappa shape index (κ2) is 7.48. The highest BCUT2D eigenvalue weighted by Crippen LogP contribution is 2.34. The summed E-state index contributed by atoms with van der Waals surface area (Å²) >= 11 is 0. The summed E-state index contributed by atoms with van der Waals surface area (Å²) in [6.07, 6.45) is 4.97. The Bertz CT molecular complexity index is 333. The molecule has 1 saturated carbocycles. The molecule has 2 rings (SSSR count). The van der Waals surface area contributed by atoms with Gasteiger partial charge in [0.25, 0.3) is 0 Å². The van der Waals surface area contributed by atoms with E-state index in [1.54, 1.807) is 0 Å². The first-order valence-electron chi connectivity index (χ1n) is 8.70. The molecule has 0 aromatic rings. The lowest BCUT2D eigenvalue weighted by molar-refractivity contribution is 0.139. The summed E-state index contributed by atoms with van der Waals surface area (Å²) in [7, 11) is 1.92. The molecule has 1 heterocycles. The second-order valence-electron chi connectivity index (χ2n) is 7.48. The number of piperidine rings is 1. The van der Waals surface area contributed by atoms with Crippen LogP contribution < -0.4 is 5.32 Å². The SMILES string of the molecule is CC1CC(C)CN(CCCNC(=O)N(C)C(C)C2CC2)C1. The molecular weight excluding hydrogens is 262 g/mol. The van der Waals surface area contributed by atoms with Crippen LogP contribution in [0.4, 0.5) is 4.79 Å². The minimum Gasteiger partial charge on any atom is -0.338 e. The summed E-state index contributed by atoms with van der Waals surface area (Å²) in [5.41, 5.74) is 0. The average molecular weight is 295 g/mol. The highest BCUT2D eigenvalue weighted by atomic mass is 16.2. The van der Waals surface area contributed by atoms with Crippen LogP contribution in [0.25, 0.3) is 0 Å². The number of amides is 2. The fraction of sp³-hybridized carbons (Fsp3) is 0.941. The molecule has 21 heavy (non-hydrogen) atoms. The third kappa shape index (κ3) is 5.17. The maximum absolute atomic E-state index is 12.1. The van der Waals surface area contributed by atoms with Gasteiger partial charge in [0.05, 0.1) is 0 Å². The molecule has 4 nitrogen and oxygen atoms in total. The number of rotatable bonds is 6. The quantitative estimate of drug-likeness (QED) is 0.765. The lowest BCUT2D eigenvalue weighted by Gasteiger charge is -2.35. The van der Waals surface area contributed by atoms with Gasteiger partial charge >= 0.3 is 6.03 Å². The zero-order chi connectivity index (χ0) is 15.4. The smallest absolute Gasteiger partial charge is 0.317 e. The normalized spacial score (nSPS) is 28.2. The van der Waals surface area contributed by atoms with Gasteiger partial charge in [-0.2, -0.15) is 0 Å². The van der Waals surface area contributed by atoms with Gasteiger partial charge in [0, 0.05) is 32.7 Å². The molecule has 1 N–H and O–H groups in total. The van der Waals surface area contributed by atoms with Crippen LogP contribution in [0.15, 0.2) is 0 Å². The van der Waals surface area contributed by atoms with Crippen molar-refractivity contribution in [3.63, 3.8) is 0 Å². The molecule has 2 aliphatic rings. The van der Waals surface area contributed by atoms with E-state index in [1.807, 2.05) is 11.9 Å². The summed E-state index contributed by atoms with van der Waals surface area (Å²) in [6.45, 7) is 11.2. The van der Waals surface area contributed by atoms with E-state index in [0.29, 0.717) is 6.04 Å². The van der Waals surface area contributed by atoms with E-state index < -0.39 is 0 Å². The molecule has 0 aromatic carbocycles. The standard InChI is InChI=1S/C17H33N3O/c1-13-10-14(2)12-20(11-13)9-5-8-18-17(21)19(4)15(3)16-6-7-16/h13-16H,5-12H2,1-4H3,(H,18,21).